The third-order valence-corrected chi connectivity index (χ3v) is 4.95. The number of hydrogen-bond donors (Lipinski definition) is 2. The molecule has 2 N–H and O–H groups in total. The summed E-state index contributed by atoms with van der Waals surface area (Å²) in [4.78, 5) is 12.3. The molecule has 0 fully saturated rings. The zero-order chi connectivity index (χ0) is 20.3. The van der Waals surface area contributed by atoms with E-state index < -0.39 is 0 Å². The molecular weight excluding hydrogens is 368 g/mol. The van der Waals surface area contributed by atoms with Gasteiger partial charge in [0.2, 0.25) is 0 Å². The van der Waals surface area contributed by atoms with E-state index in [4.69, 9.17) is 14.2 Å². The summed E-state index contributed by atoms with van der Waals surface area (Å²) in [5, 5.41) is 6.46. The first-order valence-electron chi connectivity index (χ1n) is 10.1. The van der Waals surface area contributed by atoms with Gasteiger partial charge in [0.25, 0.3) is 5.91 Å². The van der Waals surface area contributed by atoms with Gasteiger partial charge >= 0.3 is 0 Å². The van der Waals surface area contributed by atoms with Crippen molar-refractivity contribution in [2.75, 3.05) is 53.2 Å². The molecule has 1 heterocycles. The van der Waals surface area contributed by atoms with Crippen molar-refractivity contribution in [2.24, 2.45) is 0 Å². The van der Waals surface area contributed by atoms with Gasteiger partial charge < -0.3 is 24.8 Å². The Kier molecular flexibility index (Phi) is 8.64. The second kappa shape index (κ2) is 11.7. The Balaban J connectivity index is 1.42. The number of ether oxygens (including phenoxy) is 3. The fourth-order valence-electron chi connectivity index (χ4n) is 3.43. The summed E-state index contributed by atoms with van der Waals surface area (Å²) < 4.78 is 15.7. The highest BCUT2D eigenvalue weighted by atomic mass is 16.5. The largest absolute Gasteiger partial charge is 0.382 e. The van der Waals surface area contributed by atoms with Crippen LogP contribution in [0.3, 0.4) is 0 Å². The Morgan fingerprint density at radius 1 is 1.00 bits per heavy atom. The molecule has 2 aromatic rings. The highest BCUT2D eigenvalue weighted by molar-refractivity contribution is 5.94. The molecule has 29 heavy (non-hydrogen) atoms. The van der Waals surface area contributed by atoms with Crippen LogP contribution in [0.4, 0.5) is 0 Å². The molecule has 1 unspecified atom stereocenters. The topological polar surface area (TPSA) is 68.8 Å². The third-order valence-electron chi connectivity index (χ3n) is 4.95. The molecule has 1 aliphatic rings. The van der Waals surface area contributed by atoms with Gasteiger partial charge in [0.05, 0.1) is 39.1 Å². The first-order chi connectivity index (χ1) is 14.3. The molecular formula is C23H30N2O4. The highest BCUT2D eigenvalue weighted by Gasteiger charge is 2.20. The second-order valence-electron chi connectivity index (χ2n) is 6.93. The van der Waals surface area contributed by atoms with Crippen molar-refractivity contribution < 1.29 is 19.0 Å². The van der Waals surface area contributed by atoms with Crippen molar-refractivity contribution in [2.45, 2.75) is 12.5 Å². The maximum absolute atomic E-state index is 12.3. The molecule has 0 saturated heterocycles. The molecule has 2 aromatic carbocycles. The molecule has 6 nitrogen and oxygen atoms in total. The van der Waals surface area contributed by atoms with E-state index in [0.29, 0.717) is 45.1 Å². The van der Waals surface area contributed by atoms with E-state index in [0.717, 1.165) is 13.0 Å². The molecule has 0 aliphatic carbocycles. The fraction of sp³-hybridized carbons (Fsp3) is 0.435. The van der Waals surface area contributed by atoms with Crippen LogP contribution in [0, 0.1) is 0 Å². The Labute approximate surface area is 172 Å². The van der Waals surface area contributed by atoms with E-state index in [-0.39, 0.29) is 11.9 Å². The maximum Gasteiger partial charge on any atom is 0.251 e. The molecule has 1 aliphatic heterocycles. The van der Waals surface area contributed by atoms with Crippen molar-refractivity contribution >= 4 is 5.91 Å². The van der Waals surface area contributed by atoms with Crippen LogP contribution in [-0.2, 0) is 20.6 Å². The zero-order valence-electron chi connectivity index (χ0n) is 17.0. The van der Waals surface area contributed by atoms with Crippen molar-refractivity contribution in [1.82, 2.24) is 10.6 Å². The predicted octanol–water partition coefficient (Wildman–Crippen LogP) is 2.33. The van der Waals surface area contributed by atoms with Crippen LogP contribution in [0.2, 0.25) is 0 Å². The monoisotopic (exact) mass is 398 g/mol. The van der Waals surface area contributed by atoms with Crippen LogP contribution < -0.4 is 10.6 Å². The van der Waals surface area contributed by atoms with Gasteiger partial charge in [-0.15, -0.1) is 0 Å². The highest BCUT2D eigenvalue weighted by Crippen LogP contribution is 2.28. The molecule has 0 spiro atoms. The van der Waals surface area contributed by atoms with E-state index in [9.17, 15) is 4.79 Å². The van der Waals surface area contributed by atoms with E-state index in [1.54, 1.807) is 7.11 Å². The lowest BCUT2D eigenvalue weighted by molar-refractivity contribution is 0.0255. The number of hydrogen-bond acceptors (Lipinski definition) is 5. The molecule has 156 valence electrons. The number of amides is 1. The SMILES string of the molecule is COCCOCCOCCNC(=O)c1ccc(C2NCCc3ccccc32)cc1. The molecule has 3 rings (SSSR count). The van der Waals surface area contributed by atoms with Gasteiger partial charge in [-0.2, -0.15) is 0 Å². The quantitative estimate of drug-likeness (QED) is 0.569. The van der Waals surface area contributed by atoms with Crippen LogP contribution >= 0.6 is 0 Å². The van der Waals surface area contributed by atoms with Gasteiger partial charge in [-0.3, -0.25) is 4.79 Å². The summed E-state index contributed by atoms with van der Waals surface area (Å²) in [5.74, 6) is -0.0894. The summed E-state index contributed by atoms with van der Waals surface area (Å²) in [5.41, 5.74) is 4.53. The van der Waals surface area contributed by atoms with Crippen LogP contribution in [-0.4, -0.2) is 59.1 Å². The van der Waals surface area contributed by atoms with Crippen molar-refractivity contribution in [3.8, 4) is 0 Å². The molecule has 6 heteroatoms. The number of carbonyl (C=O) groups excluding carboxylic acids is 1. The minimum absolute atomic E-state index is 0.0894. The molecule has 0 bridgehead atoms. The second-order valence-corrected chi connectivity index (χ2v) is 6.93. The van der Waals surface area contributed by atoms with Gasteiger partial charge in [-0.25, -0.2) is 0 Å². The maximum atomic E-state index is 12.3. The summed E-state index contributed by atoms with van der Waals surface area (Å²) in [6, 6.07) is 16.5. The molecule has 0 aromatic heterocycles. The predicted molar refractivity (Wildman–Crippen MR) is 112 cm³/mol. The number of rotatable bonds is 11. The van der Waals surface area contributed by atoms with Crippen molar-refractivity contribution in [3.05, 3.63) is 70.8 Å². The van der Waals surface area contributed by atoms with E-state index >= 15 is 0 Å². The zero-order valence-corrected chi connectivity index (χ0v) is 17.0. The van der Waals surface area contributed by atoms with Crippen molar-refractivity contribution in [1.29, 1.82) is 0 Å². The lowest BCUT2D eigenvalue weighted by atomic mass is 9.89. The number of methoxy groups -OCH3 is 1. The summed E-state index contributed by atoms with van der Waals surface area (Å²) in [7, 11) is 1.64. The van der Waals surface area contributed by atoms with Crippen LogP contribution in [0.25, 0.3) is 0 Å². The first kappa shape index (κ1) is 21.5. The van der Waals surface area contributed by atoms with Crippen LogP contribution in [0.1, 0.15) is 33.1 Å². The van der Waals surface area contributed by atoms with E-state index in [1.165, 1.54) is 16.7 Å². The number of nitrogens with one attached hydrogen (secondary N) is 2. The molecule has 1 amide bonds. The van der Waals surface area contributed by atoms with Crippen molar-refractivity contribution in [3.63, 3.8) is 0 Å². The summed E-state index contributed by atoms with van der Waals surface area (Å²) in [6.07, 6.45) is 1.05. The van der Waals surface area contributed by atoms with Crippen LogP contribution in [0.15, 0.2) is 48.5 Å². The van der Waals surface area contributed by atoms with Gasteiger partial charge in [-0.1, -0.05) is 36.4 Å². The number of carbonyl (C=O) groups is 1. The van der Waals surface area contributed by atoms with Gasteiger partial charge in [0.15, 0.2) is 0 Å². The Morgan fingerprint density at radius 2 is 1.72 bits per heavy atom. The molecule has 0 saturated carbocycles. The van der Waals surface area contributed by atoms with Gasteiger partial charge in [0, 0.05) is 25.8 Å². The van der Waals surface area contributed by atoms with Gasteiger partial charge in [-0.05, 0) is 35.2 Å². The Hall–Kier alpha value is -2.25. The van der Waals surface area contributed by atoms with E-state index in [1.807, 2.05) is 24.3 Å². The Morgan fingerprint density at radius 3 is 2.52 bits per heavy atom. The summed E-state index contributed by atoms with van der Waals surface area (Å²) >= 11 is 0. The average Bonchev–Trinajstić information content (AvgIpc) is 2.77. The lowest BCUT2D eigenvalue weighted by Crippen LogP contribution is -2.30. The standard InChI is InChI=1S/C23H30N2O4/c1-27-14-15-29-17-16-28-13-12-25-23(26)20-8-6-19(7-9-20)22-21-5-3-2-4-18(21)10-11-24-22/h2-9,22,24H,10-17H2,1H3,(H,25,26). The first-order valence-corrected chi connectivity index (χ1v) is 10.1. The normalized spacial score (nSPS) is 15.7. The number of benzene rings is 2. The van der Waals surface area contributed by atoms with E-state index in [2.05, 4.69) is 34.9 Å². The fourth-order valence-corrected chi connectivity index (χ4v) is 3.43. The Bertz CT molecular complexity index is 764. The minimum Gasteiger partial charge on any atom is -0.382 e. The van der Waals surface area contributed by atoms with Crippen LogP contribution in [0.5, 0.6) is 0 Å². The average molecular weight is 399 g/mol. The summed E-state index contributed by atoms with van der Waals surface area (Å²) in [6.45, 7) is 4.06. The molecule has 1 atom stereocenters. The van der Waals surface area contributed by atoms with Gasteiger partial charge in [0.1, 0.15) is 0 Å². The minimum atomic E-state index is -0.0894. The molecule has 0 radical (unpaired) electrons. The third kappa shape index (κ3) is 6.37. The lowest BCUT2D eigenvalue weighted by Gasteiger charge is -2.27. The number of fused-ring (bicyclic) bond motifs is 1. The smallest absolute Gasteiger partial charge is 0.251 e.